The lowest BCUT2D eigenvalue weighted by atomic mass is 10.4. The lowest BCUT2D eigenvalue weighted by Gasteiger charge is -1.96. The highest BCUT2D eigenvalue weighted by atomic mass is 16.5. The monoisotopic (exact) mass is 182 g/mol. The summed E-state index contributed by atoms with van der Waals surface area (Å²) < 4.78 is 8.86. The first-order valence-electron chi connectivity index (χ1n) is 3.57. The van der Waals surface area contributed by atoms with Crippen molar-refractivity contribution in [2.45, 2.75) is 6.42 Å². The van der Waals surface area contributed by atoms with E-state index < -0.39 is 11.9 Å². The molecular formula is C9H10O4. The van der Waals surface area contributed by atoms with Crippen molar-refractivity contribution in [1.29, 1.82) is 0 Å². The van der Waals surface area contributed by atoms with Gasteiger partial charge in [0.05, 0.1) is 7.11 Å². The second-order valence-corrected chi connectivity index (χ2v) is 1.98. The molecule has 70 valence electrons. The molecule has 0 fully saturated rings. The summed E-state index contributed by atoms with van der Waals surface area (Å²) >= 11 is 0. The Morgan fingerprint density at radius 1 is 1.38 bits per heavy atom. The fourth-order valence-corrected chi connectivity index (χ4v) is 0.463. The number of carbonyl (C=O) groups excluding carboxylic acids is 2. The van der Waals surface area contributed by atoms with Crippen molar-refractivity contribution in [1.82, 2.24) is 0 Å². The maximum Gasteiger partial charge on any atom is 0.331 e. The molecule has 0 bridgehead atoms. The van der Waals surface area contributed by atoms with Gasteiger partial charge in [0, 0.05) is 18.6 Å². The van der Waals surface area contributed by atoms with Gasteiger partial charge in [-0.15, -0.1) is 12.3 Å². The van der Waals surface area contributed by atoms with Crippen molar-refractivity contribution in [3.8, 4) is 12.3 Å². The lowest BCUT2D eigenvalue weighted by Crippen LogP contribution is -2.03. The van der Waals surface area contributed by atoms with E-state index >= 15 is 0 Å². The maximum atomic E-state index is 10.8. The normalized spacial score (nSPS) is 9.23. The average molecular weight is 182 g/mol. The quantitative estimate of drug-likeness (QED) is 0.271. The van der Waals surface area contributed by atoms with Gasteiger partial charge in [-0.2, -0.15) is 0 Å². The molecule has 0 heterocycles. The second-order valence-electron chi connectivity index (χ2n) is 1.98. The Balaban J connectivity index is 3.69. The fourth-order valence-electron chi connectivity index (χ4n) is 0.463. The molecule has 0 aliphatic carbocycles. The summed E-state index contributed by atoms with van der Waals surface area (Å²) in [5.74, 6) is 1.09. The molecule has 0 saturated carbocycles. The number of esters is 2. The molecule has 4 nitrogen and oxygen atoms in total. The molecule has 0 amide bonds. The zero-order valence-corrected chi connectivity index (χ0v) is 7.28. The van der Waals surface area contributed by atoms with E-state index in [9.17, 15) is 9.59 Å². The molecule has 0 atom stereocenters. The Kier molecular flexibility index (Phi) is 5.98. The van der Waals surface area contributed by atoms with Gasteiger partial charge >= 0.3 is 11.9 Å². The van der Waals surface area contributed by atoms with E-state index in [0.717, 1.165) is 12.2 Å². The van der Waals surface area contributed by atoms with Gasteiger partial charge in [0.1, 0.15) is 6.61 Å². The molecule has 0 spiro atoms. The number of hydrogen-bond donors (Lipinski definition) is 0. The summed E-state index contributed by atoms with van der Waals surface area (Å²) in [6.07, 6.45) is 7.26. The number of hydrogen-bond acceptors (Lipinski definition) is 4. The Morgan fingerprint density at radius 3 is 2.54 bits per heavy atom. The third-order valence-electron chi connectivity index (χ3n) is 1.05. The van der Waals surface area contributed by atoms with Crippen LogP contribution in [-0.2, 0) is 19.1 Å². The Bertz CT molecular complexity index is 247. The molecule has 0 aliphatic rings. The van der Waals surface area contributed by atoms with Gasteiger partial charge in [-0.25, -0.2) is 9.59 Å². The first-order valence-corrected chi connectivity index (χ1v) is 3.57. The minimum absolute atomic E-state index is 0.154. The summed E-state index contributed by atoms with van der Waals surface area (Å²) in [6, 6.07) is 0. The van der Waals surface area contributed by atoms with Crippen molar-refractivity contribution in [3.05, 3.63) is 12.2 Å². The summed E-state index contributed by atoms with van der Waals surface area (Å²) in [5, 5.41) is 0. The Hall–Kier alpha value is -1.76. The highest BCUT2D eigenvalue weighted by Crippen LogP contribution is 1.85. The largest absolute Gasteiger partial charge is 0.466 e. The van der Waals surface area contributed by atoms with E-state index in [1.165, 1.54) is 7.11 Å². The van der Waals surface area contributed by atoms with Crippen LogP contribution in [0, 0.1) is 12.3 Å². The third kappa shape index (κ3) is 6.63. The van der Waals surface area contributed by atoms with E-state index in [2.05, 4.69) is 15.4 Å². The molecule has 13 heavy (non-hydrogen) atoms. The number of terminal acetylenes is 1. The van der Waals surface area contributed by atoms with Crippen molar-refractivity contribution >= 4 is 11.9 Å². The van der Waals surface area contributed by atoms with Crippen LogP contribution < -0.4 is 0 Å². The van der Waals surface area contributed by atoms with Crippen LogP contribution in [0.5, 0.6) is 0 Å². The zero-order valence-electron chi connectivity index (χ0n) is 7.28. The van der Waals surface area contributed by atoms with Crippen LogP contribution in [0.15, 0.2) is 12.2 Å². The molecule has 0 aromatic rings. The second kappa shape index (κ2) is 6.92. The summed E-state index contributed by atoms with van der Waals surface area (Å²) in [4.78, 5) is 21.2. The summed E-state index contributed by atoms with van der Waals surface area (Å²) in [7, 11) is 1.22. The van der Waals surface area contributed by atoms with Crippen LogP contribution >= 0.6 is 0 Å². The van der Waals surface area contributed by atoms with Crippen LogP contribution in [0.3, 0.4) is 0 Å². The van der Waals surface area contributed by atoms with E-state index in [-0.39, 0.29) is 6.61 Å². The van der Waals surface area contributed by atoms with Gasteiger partial charge in [0.25, 0.3) is 0 Å². The van der Waals surface area contributed by atoms with Crippen LogP contribution in [0.4, 0.5) is 0 Å². The minimum Gasteiger partial charge on any atom is -0.466 e. The molecule has 0 N–H and O–H groups in total. The fraction of sp³-hybridized carbons (Fsp3) is 0.333. The highest BCUT2D eigenvalue weighted by Gasteiger charge is 1.97. The van der Waals surface area contributed by atoms with Crippen LogP contribution in [0.1, 0.15) is 6.42 Å². The number of ether oxygens (including phenoxy) is 2. The van der Waals surface area contributed by atoms with Gasteiger partial charge in [-0.05, 0) is 0 Å². The van der Waals surface area contributed by atoms with E-state index in [4.69, 9.17) is 6.42 Å². The maximum absolute atomic E-state index is 10.8. The molecule has 0 radical (unpaired) electrons. The third-order valence-corrected chi connectivity index (χ3v) is 1.05. The predicted octanol–water partition coefficient (Wildman–Crippen LogP) is 0.282. The van der Waals surface area contributed by atoms with Crippen molar-refractivity contribution in [2.75, 3.05) is 13.7 Å². The van der Waals surface area contributed by atoms with Gasteiger partial charge in [-0.1, -0.05) is 0 Å². The van der Waals surface area contributed by atoms with Crippen LogP contribution in [0.2, 0.25) is 0 Å². The lowest BCUT2D eigenvalue weighted by molar-refractivity contribution is -0.139. The highest BCUT2D eigenvalue weighted by molar-refractivity contribution is 5.91. The molecule has 4 heteroatoms. The SMILES string of the molecule is C#CCCOC(=O)/C=C/C(=O)OC. The van der Waals surface area contributed by atoms with Gasteiger partial charge in [-0.3, -0.25) is 0 Å². The van der Waals surface area contributed by atoms with E-state index in [1.54, 1.807) is 0 Å². The van der Waals surface area contributed by atoms with Crippen LogP contribution in [0.25, 0.3) is 0 Å². The zero-order chi connectivity index (χ0) is 10.1. The van der Waals surface area contributed by atoms with E-state index in [1.807, 2.05) is 0 Å². The predicted molar refractivity (Wildman–Crippen MR) is 45.6 cm³/mol. The van der Waals surface area contributed by atoms with Gasteiger partial charge in [0.15, 0.2) is 0 Å². The molecule has 0 aliphatic heterocycles. The average Bonchev–Trinajstić information content (AvgIpc) is 2.14. The van der Waals surface area contributed by atoms with Gasteiger partial charge < -0.3 is 9.47 Å². The van der Waals surface area contributed by atoms with Crippen LogP contribution in [-0.4, -0.2) is 25.7 Å². The first-order chi connectivity index (χ1) is 6.20. The van der Waals surface area contributed by atoms with Crippen molar-refractivity contribution < 1.29 is 19.1 Å². The molecule has 0 aromatic carbocycles. The van der Waals surface area contributed by atoms with Gasteiger partial charge in [0.2, 0.25) is 0 Å². The number of carbonyl (C=O) groups is 2. The number of rotatable bonds is 4. The molecular weight excluding hydrogens is 172 g/mol. The van der Waals surface area contributed by atoms with Crippen molar-refractivity contribution in [3.63, 3.8) is 0 Å². The molecule has 0 unspecified atom stereocenters. The topological polar surface area (TPSA) is 52.6 Å². The van der Waals surface area contributed by atoms with Crippen molar-refractivity contribution in [2.24, 2.45) is 0 Å². The first kappa shape index (κ1) is 11.2. The smallest absolute Gasteiger partial charge is 0.331 e. The Labute approximate surface area is 76.5 Å². The summed E-state index contributed by atoms with van der Waals surface area (Å²) in [5.41, 5.74) is 0. The summed E-state index contributed by atoms with van der Waals surface area (Å²) in [6.45, 7) is 0.154. The standard InChI is InChI=1S/C9H10O4/c1-3-4-7-13-9(11)6-5-8(10)12-2/h1,5-6H,4,7H2,2H3/b6-5+. The molecule has 0 rings (SSSR count). The molecule has 0 aromatic heterocycles. The number of methoxy groups -OCH3 is 1. The minimum atomic E-state index is -0.611. The van der Waals surface area contributed by atoms with E-state index in [0.29, 0.717) is 6.42 Å². The Morgan fingerprint density at radius 2 is 2.00 bits per heavy atom. The molecule has 0 saturated heterocycles.